The fraction of sp³-hybridized carbons (Fsp3) is 0.933. The Balaban J connectivity index is 2.30. The van der Waals surface area contributed by atoms with Gasteiger partial charge in [0.15, 0.2) is 0 Å². The highest BCUT2D eigenvalue weighted by Gasteiger charge is 2.33. The number of hydrogen-bond donors (Lipinski definition) is 3. The number of aliphatic hydroxyl groups excluding tert-OH is 1. The highest BCUT2D eigenvalue weighted by Crippen LogP contribution is 2.32. The zero-order valence-electron chi connectivity index (χ0n) is 12.3. The molecule has 0 aromatic heterocycles. The van der Waals surface area contributed by atoms with Crippen molar-refractivity contribution in [2.45, 2.75) is 64.4 Å². The Hall–Kier alpha value is -0.610. The summed E-state index contributed by atoms with van der Waals surface area (Å²) in [6.45, 7) is 5.06. The molecule has 1 atom stereocenters. The van der Waals surface area contributed by atoms with Gasteiger partial charge in [0.05, 0.1) is 12.0 Å². The van der Waals surface area contributed by atoms with Crippen LogP contribution in [0.4, 0.5) is 0 Å². The molecule has 0 aromatic carbocycles. The van der Waals surface area contributed by atoms with E-state index in [0.717, 1.165) is 38.5 Å². The van der Waals surface area contributed by atoms with Crippen LogP contribution in [0.25, 0.3) is 0 Å². The number of carbonyl (C=O) groups excluding carboxylic acids is 1. The molecule has 19 heavy (non-hydrogen) atoms. The third kappa shape index (κ3) is 6.39. The molecule has 0 aromatic rings. The zero-order valence-corrected chi connectivity index (χ0v) is 12.3. The maximum absolute atomic E-state index is 11.9. The topological polar surface area (TPSA) is 69.6 Å². The number of carbonyl (C=O) groups is 1. The van der Waals surface area contributed by atoms with Crippen molar-refractivity contribution in [1.29, 1.82) is 0 Å². The second-order valence-corrected chi connectivity index (χ2v) is 6.42. The van der Waals surface area contributed by atoms with Crippen molar-refractivity contribution >= 4 is 5.91 Å². The van der Waals surface area contributed by atoms with E-state index < -0.39 is 5.60 Å². The Morgan fingerprint density at radius 3 is 2.47 bits per heavy atom. The monoisotopic (exact) mass is 271 g/mol. The molecule has 1 aliphatic rings. The molecule has 1 saturated carbocycles. The van der Waals surface area contributed by atoms with Gasteiger partial charge in [-0.2, -0.15) is 0 Å². The number of amides is 1. The quantitative estimate of drug-likeness (QED) is 0.631. The van der Waals surface area contributed by atoms with Gasteiger partial charge in [0.25, 0.3) is 0 Å². The minimum atomic E-state index is -0.769. The van der Waals surface area contributed by atoms with Crippen LogP contribution in [0.5, 0.6) is 0 Å². The summed E-state index contributed by atoms with van der Waals surface area (Å²) in [7, 11) is 0. The first kappa shape index (κ1) is 16.4. The Morgan fingerprint density at radius 2 is 1.95 bits per heavy atom. The van der Waals surface area contributed by atoms with E-state index in [9.17, 15) is 9.90 Å². The molecule has 0 heterocycles. The van der Waals surface area contributed by atoms with Gasteiger partial charge >= 0.3 is 0 Å². The smallest absolute Gasteiger partial charge is 0.222 e. The van der Waals surface area contributed by atoms with Crippen molar-refractivity contribution in [1.82, 2.24) is 5.32 Å². The lowest BCUT2D eigenvalue weighted by Gasteiger charge is -2.23. The van der Waals surface area contributed by atoms with Gasteiger partial charge in [0, 0.05) is 13.2 Å². The molecule has 1 aliphatic carbocycles. The van der Waals surface area contributed by atoms with Crippen molar-refractivity contribution in [3.05, 3.63) is 0 Å². The fourth-order valence-electron chi connectivity index (χ4n) is 2.98. The minimum Gasteiger partial charge on any atom is -0.396 e. The molecule has 1 amide bonds. The van der Waals surface area contributed by atoms with Crippen LogP contribution in [0.3, 0.4) is 0 Å². The van der Waals surface area contributed by atoms with Gasteiger partial charge < -0.3 is 15.5 Å². The van der Waals surface area contributed by atoms with Crippen LogP contribution in [0.15, 0.2) is 0 Å². The Morgan fingerprint density at radius 1 is 1.32 bits per heavy atom. The predicted molar refractivity (Wildman–Crippen MR) is 75.7 cm³/mol. The highest BCUT2D eigenvalue weighted by molar-refractivity contribution is 5.77. The molecule has 4 heteroatoms. The van der Waals surface area contributed by atoms with Gasteiger partial charge in [-0.25, -0.2) is 0 Å². The lowest BCUT2D eigenvalue weighted by Crippen LogP contribution is -2.37. The molecule has 0 aliphatic heterocycles. The van der Waals surface area contributed by atoms with Gasteiger partial charge in [-0.05, 0) is 37.5 Å². The molecule has 0 saturated heterocycles. The lowest BCUT2D eigenvalue weighted by molar-refractivity contribution is -0.126. The molecule has 0 bridgehead atoms. The van der Waals surface area contributed by atoms with E-state index in [0.29, 0.717) is 18.4 Å². The molecular weight excluding hydrogens is 242 g/mol. The largest absolute Gasteiger partial charge is 0.396 e. The predicted octanol–water partition coefficient (Wildman–Crippen LogP) is 1.84. The van der Waals surface area contributed by atoms with E-state index in [2.05, 4.69) is 19.2 Å². The highest BCUT2D eigenvalue weighted by atomic mass is 16.3. The van der Waals surface area contributed by atoms with Gasteiger partial charge in [0.1, 0.15) is 0 Å². The second kappa shape index (κ2) is 7.85. The zero-order chi connectivity index (χ0) is 14.3. The normalized spacial score (nSPS) is 19.6. The summed E-state index contributed by atoms with van der Waals surface area (Å²) in [5.74, 6) is 0.829. The van der Waals surface area contributed by atoms with Crippen molar-refractivity contribution in [2.75, 3.05) is 13.2 Å². The van der Waals surface area contributed by atoms with E-state index in [1.807, 2.05) is 0 Å². The van der Waals surface area contributed by atoms with Crippen LogP contribution in [0, 0.1) is 11.8 Å². The van der Waals surface area contributed by atoms with Gasteiger partial charge in [-0.1, -0.05) is 26.7 Å². The number of rotatable bonds is 8. The van der Waals surface area contributed by atoms with Crippen molar-refractivity contribution in [2.24, 2.45) is 11.8 Å². The number of aliphatic hydroxyl groups is 2. The average molecular weight is 271 g/mol. The third-order valence-electron chi connectivity index (χ3n) is 3.95. The van der Waals surface area contributed by atoms with E-state index in [1.54, 1.807) is 0 Å². The van der Waals surface area contributed by atoms with E-state index in [-0.39, 0.29) is 18.9 Å². The van der Waals surface area contributed by atoms with Crippen LogP contribution in [0.1, 0.15) is 58.8 Å². The Bertz CT molecular complexity index is 273. The summed E-state index contributed by atoms with van der Waals surface area (Å²) >= 11 is 0. The first-order chi connectivity index (χ1) is 8.95. The van der Waals surface area contributed by atoms with E-state index in [1.165, 1.54) is 0 Å². The summed E-state index contributed by atoms with van der Waals surface area (Å²) in [6, 6.07) is 0. The van der Waals surface area contributed by atoms with E-state index >= 15 is 0 Å². The SMILES string of the molecule is CC(C)CC(CCO)CNC(=O)CC1(O)CCCC1. The standard InChI is InChI=1S/C15H29NO3/c1-12(2)9-13(5-8-17)11-16-14(18)10-15(19)6-3-4-7-15/h12-13,17,19H,3-11H2,1-2H3,(H,16,18). The summed E-state index contributed by atoms with van der Waals surface area (Å²) in [5.41, 5.74) is -0.769. The van der Waals surface area contributed by atoms with Crippen molar-refractivity contribution < 1.29 is 15.0 Å². The number of nitrogens with one attached hydrogen (secondary N) is 1. The first-order valence-electron chi connectivity index (χ1n) is 7.55. The Labute approximate surface area is 116 Å². The fourth-order valence-corrected chi connectivity index (χ4v) is 2.98. The van der Waals surface area contributed by atoms with Crippen LogP contribution < -0.4 is 5.32 Å². The molecule has 3 N–H and O–H groups in total. The summed E-state index contributed by atoms with van der Waals surface area (Å²) in [4.78, 5) is 11.9. The van der Waals surface area contributed by atoms with Crippen LogP contribution in [-0.4, -0.2) is 34.9 Å². The lowest BCUT2D eigenvalue weighted by atomic mass is 9.93. The average Bonchev–Trinajstić information content (AvgIpc) is 2.72. The second-order valence-electron chi connectivity index (χ2n) is 6.42. The van der Waals surface area contributed by atoms with Crippen molar-refractivity contribution in [3.8, 4) is 0 Å². The summed E-state index contributed by atoms with van der Waals surface area (Å²) < 4.78 is 0. The molecule has 4 nitrogen and oxygen atoms in total. The van der Waals surface area contributed by atoms with Crippen LogP contribution in [-0.2, 0) is 4.79 Å². The molecule has 112 valence electrons. The minimum absolute atomic E-state index is 0.0592. The molecular formula is C15H29NO3. The van der Waals surface area contributed by atoms with Crippen LogP contribution in [0.2, 0.25) is 0 Å². The van der Waals surface area contributed by atoms with Crippen molar-refractivity contribution in [3.63, 3.8) is 0 Å². The Kier molecular flexibility index (Phi) is 6.80. The molecule has 1 unspecified atom stereocenters. The van der Waals surface area contributed by atoms with E-state index in [4.69, 9.17) is 5.11 Å². The van der Waals surface area contributed by atoms with Gasteiger partial charge in [-0.15, -0.1) is 0 Å². The van der Waals surface area contributed by atoms with Gasteiger partial charge in [-0.3, -0.25) is 4.79 Å². The molecule has 1 fully saturated rings. The molecule has 1 rings (SSSR count). The maximum Gasteiger partial charge on any atom is 0.222 e. The molecule has 0 spiro atoms. The number of hydrogen-bond acceptors (Lipinski definition) is 3. The van der Waals surface area contributed by atoms with Gasteiger partial charge in [0.2, 0.25) is 5.91 Å². The summed E-state index contributed by atoms with van der Waals surface area (Å²) in [6.07, 6.45) is 5.47. The summed E-state index contributed by atoms with van der Waals surface area (Å²) in [5, 5.41) is 22.1. The maximum atomic E-state index is 11.9. The van der Waals surface area contributed by atoms with Crippen LogP contribution >= 0.6 is 0 Å². The first-order valence-corrected chi connectivity index (χ1v) is 7.55. The third-order valence-corrected chi connectivity index (χ3v) is 3.95. The molecule has 0 radical (unpaired) electrons.